The molecule has 0 spiro atoms. The van der Waals surface area contributed by atoms with Crippen molar-refractivity contribution in [2.75, 3.05) is 0 Å². The highest BCUT2D eigenvalue weighted by molar-refractivity contribution is 4.83. The molecule has 0 nitrogen and oxygen atoms in total. The first-order valence-electron chi connectivity index (χ1n) is 5.86. The molecule has 2 saturated carbocycles. The Morgan fingerprint density at radius 3 is 2.25 bits per heavy atom. The standard InChI is InChI=1S/C10H18.C2H6/c1-8-5-6-9-3-2-4-10(9)7-8;1-2/h8-10H,2-7H2,1H3;1-2H3. The fourth-order valence-electron chi connectivity index (χ4n) is 2.94. The maximum Gasteiger partial charge on any atom is -0.0383 e. The van der Waals surface area contributed by atoms with Crippen LogP contribution in [0.25, 0.3) is 0 Å². The molecule has 2 fully saturated rings. The SMILES string of the molecule is CC.CC1CCC2CCCC2C1. The van der Waals surface area contributed by atoms with E-state index in [1.165, 1.54) is 12.8 Å². The number of fused-ring (bicyclic) bond motifs is 1. The van der Waals surface area contributed by atoms with Gasteiger partial charge in [0.2, 0.25) is 0 Å². The van der Waals surface area contributed by atoms with Gasteiger partial charge < -0.3 is 0 Å². The monoisotopic (exact) mass is 168 g/mol. The molecular weight excluding hydrogens is 144 g/mol. The Balaban J connectivity index is 0.000000336. The van der Waals surface area contributed by atoms with E-state index in [-0.39, 0.29) is 0 Å². The number of rotatable bonds is 0. The summed E-state index contributed by atoms with van der Waals surface area (Å²) in [6.45, 7) is 6.43. The van der Waals surface area contributed by atoms with E-state index in [0.717, 1.165) is 17.8 Å². The molecule has 0 radical (unpaired) electrons. The highest BCUT2D eigenvalue weighted by atomic mass is 14.4. The Kier molecular flexibility index (Phi) is 4.11. The maximum absolute atomic E-state index is 2.43. The molecule has 0 aromatic heterocycles. The van der Waals surface area contributed by atoms with Crippen LogP contribution in [0.5, 0.6) is 0 Å². The molecule has 0 saturated heterocycles. The zero-order valence-corrected chi connectivity index (χ0v) is 8.97. The van der Waals surface area contributed by atoms with Crippen molar-refractivity contribution in [3.05, 3.63) is 0 Å². The van der Waals surface area contributed by atoms with Crippen LogP contribution in [0.1, 0.15) is 59.3 Å². The molecule has 2 aliphatic rings. The van der Waals surface area contributed by atoms with Gasteiger partial charge in [0.15, 0.2) is 0 Å². The lowest BCUT2D eigenvalue weighted by atomic mass is 9.77. The summed E-state index contributed by atoms with van der Waals surface area (Å²) in [5, 5.41) is 0. The van der Waals surface area contributed by atoms with Crippen molar-refractivity contribution in [3.63, 3.8) is 0 Å². The van der Waals surface area contributed by atoms with Gasteiger partial charge in [-0.2, -0.15) is 0 Å². The fourth-order valence-corrected chi connectivity index (χ4v) is 2.94. The first-order valence-corrected chi connectivity index (χ1v) is 5.86. The second-order valence-corrected chi connectivity index (χ2v) is 4.37. The van der Waals surface area contributed by atoms with Crippen LogP contribution in [-0.2, 0) is 0 Å². The minimum Gasteiger partial charge on any atom is -0.0683 e. The molecule has 3 unspecified atom stereocenters. The van der Waals surface area contributed by atoms with Crippen molar-refractivity contribution in [3.8, 4) is 0 Å². The smallest absolute Gasteiger partial charge is 0.0383 e. The largest absolute Gasteiger partial charge is 0.0683 e. The molecule has 0 heterocycles. The lowest BCUT2D eigenvalue weighted by Crippen LogP contribution is -2.18. The van der Waals surface area contributed by atoms with E-state index in [2.05, 4.69) is 6.92 Å². The summed E-state index contributed by atoms with van der Waals surface area (Å²) in [5.74, 6) is 3.33. The average molecular weight is 168 g/mol. The van der Waals surface area contributed by atoms with Crippen molar-refractivity contribution < 1.29 is 0 Å². The van der Waals surface area contributed by atoms with Crippen molar-refractivity contribution in [2.45, 2.75) is 59.3 Å². The first-order chi connectivity index (χ1) is 5.86. The molecule has 0 amide bonds. The van der Waals surface area contributed by atoms with Crippen LogP contribution in [0.2, 0.25) is 0 Å². The van der Waals surface area contributed by atoms with E-state index < -0.39 is 0 Å². The number of hydrogen-bond acceptors (Lipinski definition) is 0. The van der Waals surface area contributed by atoms with Gasteiger partial charge in [-0.1, -0.05) is 46.5 Å². The summed E-state index contributed by atoms with van der Waals surface area (Å²) in [5.41, 5.74) is 0. The van der Waals surface area contributed by atoms with E-state index >= 15 is 0 Å². The predicted molar refractivity (Wildman–Crippen MR) is 55.2 cm³/mol. The molecule has 72 valence electrons. The van der Waals surface area contributed by atoms with Crippen LogP contribution in [0.3, 0.4) is 0 Å². The molecule has 0 aliphatic heterocycles. The van der Waals surface area contributed by atoms with Gasteiger partial charge >= 0.3 is 0 Å². The van der Waals surface area contributed by atoms with Crippen molar-refractivity contribution >= 4 is 0 Å². The second-order valence-electron chi connectivity index (χ2n) is 4.37. The van der Waals surface area contributed by atoms with Gasteiger partial charge in [-0.05, 0) is 30.6 Å². The summed E-state index contributed by atoms with van der Waals surface area (Å²) >= 11 is 0. The Morgan fingerprint density at radius 2 is 1.50 bits per heavy atom. The van der Waals surface area contributed by atoms with Crippen LogP contribution in [0, 0.1) is 17.8 Å². The second kappa shape index (κ2) is 4.89. The van der Waals surface area contributed by atoms with Gasteiger partial charge in [0.05, 0.1) is 0 Å². The molecule has 0 aromatic carbocycles. The van der Waals surface area contributed by atoms with E-state index in [1.807, 2.05) is 13.8 Å². The first kappa shape index (κ1) is 10.1. The Bertz CT molecular complexity index is 117. The highest BCUT2D eigenvalue weighted by Crippen LogP contribution is 2.43. The van der Waals surface area contributed by atoms with Crippen LogP contribution in [-0.4, -0.2) is 0 Å². The minimum atomic E-state index is 1.04. The van der Waals surface area contributed by atoms with E-state index in [4.69, 9.17) is 0 Å². The molecule has 0 aromatic rings. The molecule has 0 heteroatoms. The Labute approximate surface area is 77.7 Å². The molecule has 12 heavy (non-hydrogen) atoms. The summed E-state index contributed by atoms with van der Waals surface area (Å²) in [6.07, 6.45) is 9.24. The van der Waals surface area contributed by atoms with Crippen LogP contribution in [0.15, 0.2) is 0 Å². The maximum atomic E-state index is 2.43. The topological polar surface area (TPSA) is 0 Å². The van der Waals surface area contributed by atoms with Gasteiger partial charge in [-0.15, -0.1) is 0 Å². The third-order valence-corrected chi connectivity index (χ3v) is 3.55. The fraction of sp³-hybridized carbons (Fsp3) is 1.00. The molecule has 0 N–H and O–H groups in total. The lowest BCUT2D eigenvalue weighted by molar-refractivity contribution is 0.220. The third kappa shape index (κ3) is 2.24. The van der Waals surface area contributed by atoms with Gasteiger partial charge in [0, 0.05) is 0 Å². The highest BCUT2D eigenvalue weighted by Gasteiger charge is 2.31. The van der Waals surface area contributed by atoms with Crippen LogP contribution < -0.4 is 0 Å². The summed E-state index contributed by atoms with van der Waals surface area (Å²) < 4.78 is 0. The van der Waals surface area contributed by atoms with Crippen molar-refractivity contribution in [2.24, 2.45) is 17.8 Å². The van der Waals surface area contributed by atoms with E-state index in [0.29, 0.717) is 0 Å². The van der Waals surface area contributed by atoms with Crippen LogP contribution in [0.4, 0.5) is 0 Å². The molecule has 3 atom stereocenters. The van der Waals surface area contributed by atoms with Crippen molar-refractivity contribution in [1.29, 1.82) is 0 Å². The summed E-state index contributed by atoms with van der Waals surface area (Å²) in [4.78, 5) is 0. The van der Waals surface area contributed by atoms with E-state index in [9.17, 15) is 0 Å². The van der Waals surface area contributed by atoms with Crippen molar-refractivity contribution in [1.82, 2.24) is 0 Å². The Hall–Kier alpha value is 0. The van der Waals surface area contributed by atoms with Crippen LogP contribution >= 0.6 is 0 Å². The Morgan fingerprint density at radius 1 is 0.833 bits per heavy atom. The van der Waals surface area contributed by atoms with E-state index in [1.54, 1.807) is 25.7 Å². The zero-order valence-electron chi connectivity index (χ0n) is 8.97. The van der Waals surface area contributed by atoms with Gasteiger partial charge in [-0.25, -0.2) is 0 Å². The summed E-state index contributed by atoms with van der Waals surface area (Å²) in [6, 6.07) is 0. The zero-order chi connectivity index (χ0) is 8.97. The minimum absolute atomic E-state index is 1.04. The lowest BCUT2D eigenvalue weighted by Gasteiger charge is -2.29. The number of hydrogen-bond donors (Lipinski definition) is 0. The third-order valence-electron chi connectivity index (χ3n) is 3.55. The normalized spacial score (nSPS) is 39.8. The molecular formula is C12H24. The molecule has 2 rings (SSSR count). The molecule has 2 aliphatic carbocycles. The van der Waals surface area contributed by atoms with Gasteiger partial charge in [-0.3, -0.25) is 0 Å². The van der Waals surface area contributed by atoms with Gasteiger partial charge in [0.1, 0.15) is 0 Å². The average Bonchev–Trinajstić information content (AvgIpc) is 2.54. The van der Waals surface area contributed by atoms with Gasteiger partial charge in [0.25, 0.3) is 0 Å². The quantitative estimate of drug-likeness (QED) is 0.507. The molecule has 0 bridgehead atoms. The summed E-state index contributed by atoms with van der Waals surface area (Å²) in [7, 11) is 0. The predicted octanol–water partition coefficient (Wildman–Crippen LogP) is 4.25.